The second kappa shape index (κ2) is 8.71. The first kappa shape index (κ1) is 21.6. The molecule has 3 rings (SSSR count). The molecule has 1 saturated heterocycles. The van der Waals surface area contributed by atoms with Gasteiger partial charge in [-0.2, -0.15) is 0 Å². The molecule has 2 aromatic rings. The zero-order valence-corrected chi connectivity index (χ0v) is 16.0. The van der Waals surface area contributed by atoms with E-state index in [0.29, 0.717) is 5.56 Å². The molecule has 1 aliphatic heterocycles. The van der Waals surface area contributed by atoms with Crippen LogP contribution in [0.1, 0.15) is 23.6 Å². The monoisotopic (exact) mass is 427 g/mol. The van der Waals surface area contributed by atoms with Gasteiger partial charge in [0.25, 0.3) is 23.1 Å². The van der Waals surface area contributed by atoms with Gasteiger partial charge >= 0.3 is 0 Å². The Morgan fingerprint density at radius 1 is 0.935 bits per heavy atom. The van der Waals surface area contributed by atoms with Crippen molar-refractivity contribution >= 4 is 28.8 Å². The highest BCUT2D eigenvalue weighted by Gasteiger charge is 2.45. The molecular formula is C20H17N3O8. The van der Waals surface area contributed by atoms with Gasteiger partial charge in [0.2, 0.25) is 0 Å². The predicted molar refractivity (Wildman–Crippen MR) is 107 cm³/mol. The topological polar surface area (TPSA) is 164 Å². The second-order valence-electron chi connectivity index (χ2n) is 6.72. The number of benzene rings is 2. The van der Waals surface area contributed by atoms with E-state index in [4.69, 9.17) is 5.11 Å². The van der Waals surface area contributed by atoms with Gasteiger partial charge in [0.15, 0.2) is 0 Å². The van der Waals surface area contributed by atoms with Crippen LogP contribution in [0.3, 0.4) is 0 Å². The Labute approximate surface area is 175 Å². The van der Waals surface area contributed by atoms with Crippen molar-refractivity contribution in [2.45, 2.75) is 12.5 Å². The molecule has 0 bridgehead atoms. The maximum Gasteiger partial charge on any atom is 0.295 e. The molecule has 1 atom stereocenters. The van der Waals surface area contributed by atoms with Gasteiger partial charge in [-0.1, -0.05) is 0 Å². The van der Waals surface area contributed by atoms with E-state index in [0.717, 1.165) is 12.1 Å². The smallest absolute Gasteiger partial charge is 0.295 e. The van der Waals surface area contributed by atoms with Crippen LogP contribution < -0.4 is 0 Å². The van der Waals surface area contributed by atoms with Gasteiger partial charge in [0.1, 0.15) is 5.76 Å². The van der Waals surface area contributed by atoms with Crippen molar-refractivity contribution < 1.29 is 29.6 Å². The summed E-state index contributed by atoms with van der Waals surface area (Å²) in [5.41, 5.74) is -0.201. The molecule has 0 unspecified atom stereocenters. The normalized spacial score (nSPS) is 17.7. The molecule has 2 aromatic carbocycles. The molecule has 1 aliphatic rings. The number of nitro groups is 2. The fourth-order valence-corrected chi connectivity index (χ4v) is 3.37. The summed E-state index contributed by atoms with van der Waals surface area (Å²) in [6.07, 6.45) is 0.175. The molecule has 11 nitrogen and oxygen atoms in total. The highest BCUT2D eigenvalue weighted by atomic mass is 16.6. The van der Waals surface area contributed by atoms with Crippen LogP contribution in [0.2, 0.25) is 0 Å². The average Bonchev–Trinajstić information content (AvgIpc) is 3.02. The van der Waals surface area contributed by atoms with E-state index in [1.165, 1.54) is 41.3 Å². The molecule has 0 spiro atoms. The minimum absolute atomic E-state index is 0.0137. The minimum atomic E-state index is -1.04. The van der Waals surface area contributed by atoms with Crippen molar-refractivity contribution in [3.05, 3.63) is 85.5 Å². The summed E-state index contributed by atoms with van der Waals surface area (Å²) in [6.45, 7) is -0.224. The molecule has 0 aromatic heterocycles. The summed E-state index contributed by atoms with van der Waals surface area (Å²) in [6, 6.07) is 8.95. The van der Waals surface area contributed by atoms with E-state index >= 15 is 0 Å². The highest BCUT2D eigenvalue weighted by Crippen LogP contribution is 2.40. The van der Waals surface area contributed by atoms with Gasteiger partial charge in [-0.05, 0) is 36.2 Å². The number of rotatable bonds is 7. The van der Waals surface area contributed by atoms with E-state index in [-0.39, 0.29) is 42.1 Å². The van der Waals surface area contributed by atoms with E-state index < -0.39 is 33.3 Å². The molecule has 31 heavy (non-hydrogen) atoms. The van der Waals surface area contributed by atoms with E-state index in [9.17, 15) is 34.9 Å². The number of nitrogens with zero attached hydrogens (tertiary/aromatic N) is 3. The fourth-order valence-electron chi connectivity index (χ4n) is 3.37. The van der Waals surface area contributed by atoms with Gasteiger partial charge in [0, 0.05) is 43.0 Å². The Kier molecular flexibility index (Phi) is 6.07. The van der Waals surface area contributed by atoms with E-state index in [2.05, 4.69) is 0 Å². The van der Waals surface area contributed by atoms with Gasteiger partial charge in [-0.15, -0.1) is 0 Å². The molecule has 1 fully saturated rings. The molecule has 160 valence electrons. The van der Waals surface area contributed by atoms with E-state index in [1.54, 1.807) is 0 Å². The third-order valence-corrected chi connectivity index (χ3v) is 4.87. The first-order valence-electron chi connectivity index (χ1n) is 9.14. The SMILES string of the molecule is O=C1C(=O)N(CCCO)[C@H](c2ccc([N+](=O)[O-])cc2)C1=C(O)c1ccc([N+](=O)[O-])cc1. The number of nitro benzene ring substituents is 2. The summed E-state index contributed by atoms with van der Waals surface area (Å²) in [7, 11) is 0. The zero-order valence-electron chi connectivity index (χ0n) is 16.0. The largest absolute Gasteiger partial charge is 0.507 e. The lowest BCUT2D eigenvalue weighted by Gasteiger charge is -2.25. The van der Waals surface area contributed by atoms with Crippen LogP contribution in [-0.2, 0) is 9.59 Å². The first-order chi connectivity index (χ1) is 14.8. The van der Waals surface area contributed by atoms with E-state index in [1.807, 2.05) is 0 Å². The number of Topliss-reactive ketones (excluding diaryl/α,β-unsaturated/α-hetero) is 1. The van der Waals surface area contributed by atoms with Gasteiger partial charge in [-0.25, -0.2) is 0 Å². The number of likely N-dealkylation sites (tertiary alicyclic amines) is 1. The Balaban J connectivity index is 2.13. The lowest BCUT2D eigenvalue weighted by atomic mass is 9.95. The van der Waals surface area contributed by atoms with Crippen molar-refractivity contribution in [3.8, 4) is 0 Å². The van der Waals surface area contributed by atoms with Crippen LogP contribution in [0, 0.1) is 20.2 Å². The van der Waals surface area contributed by atoms with Gasteiger partial charge in [-0.3, -0.25) is 29.8 Å². The molecule has 0 aliphatic carbocycles. The van der Waals surface area contributed by atoms with Crippen molar-refractivity contribution in [3.63, 3.8) is 0 Å². The average molecular weight is 427 g/mol. The van der Waals surface area contributed by atoms with Gasteiger partial charge < -0.3 is 15.1 Å². The summed E-state index contributed by atoms with van der Waals surface area (Å²) in [4.78, 5) is 47.1. The Morgan fingerprint density at radius 3 is 1.94 bits per heavy atom. The number of amides is 1. The number of aliphatic hydroxyl groups is 2. The maximum atomic E-state index is 12.7. The lowest BCUT2D eigenvalue weighted by Crippen LogP contribution is -2.31. The van der Waals surface area contributed by atoms with Crippen LogP contribution >= 0.6 is 0 Å². The Morgan fingerprint density at radius 2 is 1.45 bits per heavy atom. The van der Waals surface area contributed by atoms with Crippen molar-refractivity contribution in [2.24, 2.45) is 0 Å². The van der Waals surface area contributed by atoms with Crippen LogP contribution in [0.4, 0.5) is 11.4 Å². The van der Waals surface area contributed by atoms with Crippen molar-refractivity contribution in [1.82, 2.24) is 4.90 Å². The Bertz CT molecular complexity index is 1080. The fraction of sp³-hybridized carbons (Fsp3) is 0.200. The zero-order chi connectivity index (χ0) is 22.7. The maximum absolute atomic E-state index is 12.7. The third-order valence-electron chi connectivity index (χ3n) is 4.87. The molecule has 11 heteroatoms. The third kappa shape index (κ3) is 4.12. The first-order valence-corrected chi connectivity index (χ1v) is 9.14. The van der Waals surface area contributed by atoms with Crippen LogP contribution in [0.15, 0.2) is 54.1 Å². The lowest BCUT2D eigenvalue weighted by molar-refractivity contribution is -0.385. The number of hydrogen-bond acceptors (Lipinski definition) is 8. The number of aliphatic hydroxyl groups excluding tert-OH is 2. The molecular weight excluding hydrogens is 410 g/mol. The standard InChI is InChI=1S/C20H17N3O8/c24-11-1-10-21-17(12-2-6-14(7-3-12)22(28)29)16(19(26)20(21)27)18(25)13-4-8-15(9-5-13)23(30)31/h2-9,17,24-25H,1,10-11H2/t17-/m1/s1. The summed E-state index contributed by atoms with van der Waals surface area (Å²) >= 11 is 0. The number of ketones is 1. The summed E-state index contributed by atoms with van der Waals surface area (Å²) in [5.74, 6) is -2.37. The van der Waals surface area contributed by atoms with Crippen LogP contribution in [0.5, 0.6) is 0 Å². The van der Waals surface area contributed by atoms with Gasteiger partial charge in [0.05, 0.1) is 21.5 Å². The molecule has 1 heterocycles. The van der Waals surface area contributed by atoms with Crippen molar-refractivity contribution in [2.75, 3.05) is 13.2 Å². The Hall–Kier alpha value is -4.12. The minimum Gasteiger partial charge on any atom is -0.507 e. The molecule has 2 N–H and O–H groups in total. The summed E-state index contributed by atoms with van der Waals surface area (Å²) in [5, 5.41) is 41.7. The molecule has 0 radical (unpaired) electrons. The predicted octanol–water partition coefficient (Wildman–Crippen LogP) is 2.31. The molecule has 0 saturated carbocycles. The number of carbonyl (C=O) groups is 2. The summed E-state index contributed by atoms with van der Waals surface area (Å²) < 4.78 is 0. The quantitative estimate of drug-likeness (QED) is 0.223. The van der Waals surface area contributed by atoms with Crippen LogP contribution in [-0.4, -0.2) is 49.8 Å². The van der Waals surface area contributed by atoms with Crippen molar-refractivity contribution in [1.29, 1.82) is 0 Å². The molecule has 1 amide bonds. The van der Waals surface area contributed by atoms with Crippen LogP contribution in [0.25, 0.3) is 5.76 Å². The number of non-ortho nitro benzene ring substituents is 2. The number of carbonyl (C=O) groups excluding carboxylic acids is 2. The number of hydrogen-bond donors (Lipinski definition) is 2. The second-order valence-corrected chi connectivity index (χ2v) is 6.72. The highest BCUT2D eigenvalue weighted by molar-refractivity contribution is 6.46.